The average molecular weight is 311 g/mol. The van der Waals surface area contributed by atoms with Gasteiger partial charge in [0.2, 0.25) is 0 Å². The van der Waals surface area contributed by atoms with Gasteiger partial charge in [-0.15, -0.1) is 0 Å². The fraction of sp³-hybridized carbons (Fsp3) is 0.400. The van der Waals surface area contributed by atoms with E-state index in [1.807, 2.05) is 0 Å². The first-order chi connectivity index (χ1) is 9.91. The maximum absolute atomic E-state index is 12.6. The van der Waals surface area contributed by atoms with Gasteiger partial charge in [0.05, 0.1) is 6.61 Å². The van der Waals surface area contributed by atoms with Crippen molar-refractivity contribution in [2.45, 2.75) is 26.4 Å². The minimum absolute atomic E-state index is 0.136. The summed E-state index contributed by atoms with van der Waals surface area (Å²) in [5.74, 6) is -1.64. The van der Waals surface area contributed by atoms with Gasteiger partial charge in [0.1, 0.15) is 6.10 Å². The van der Waals surface area contributed by atoms with E-state index < -0.39 is 29.2 Å². The number of carbonyl (C=O) groups is 3. The van der Waals surface area contributed by atoms with Crippen molar-refractivity contribution in [3.63, 3.8) is 0 Å². The molecule has 0 aliphatic heterocycles. The normalized spacial score (nSPS) is 23.3. The van der Waals surface area contributed by atoms with E-state index >= 15 is 0 Å². The molecule has 0 aromatic heterocycles. The molecule has 1 fully saturated rings. The molecule has 2 atom stereocenters. The first-order valence-electron chi connectivity index (χ1n) is 6.56. The number of esters is 2. The van der Waals surface area contributed by atoms with Crippen molar-refractivity contribution in [2.24, 2.45) is 5.41 Å². The number of hydrogen-bond donors (Lipinski definition) is 0. The van der Waals surface area contributed by atoms with E-state index in [9.17, 15) is 14.4 Å². The van der Waals surface area contributed by atoms with Crippen LogP contribution in [0.4, 0.5) is 0 Å². The molecule has 1 aliphatic carbocycles. The highest BCUT2D eigenvalue weighted by atomic mass is 35.5. The van der Waals surface area contributed by atoms with Crippen LogP contribution in [0.25, 0.3) is 0 Å². The Hall–Kier alpha value is -1.88. The molecule has 0 heterocycles. The molecule has 0 radical (unpaired) electrons. The van der Waals surface area contributed by atoms with Crippen LogP contribution in [0.1, 0.15) is 30.6 Å². The Balaban J connectivity index is 2.31. The Morgan fingerprint density at radius 1 is 1.38 bits per heavy atom. The molecule has 1 saturated carbocycles. The lowest BCUT2D eigenvalue weighted by Crippen LogP contribution is -2.32. The van der Waals surface area contributed by atoms with Crippen molar-refractivity contribution < 1.29 is 23.9 Å². The number of rotatable bonds is 5. The third kappa shape index (κ3) is 2.93. The molecule has 0 saturated heterocycles. The van der Waals surface area contributed by atoms with Gasteiger partial charge < -0.3 is 9.47 Å². The average Bonchev–Trinajstić information content (AvgIpc) is 3.12. The number of Topliss-reactive ketones (excluding diaryl/α,β-unsaturated/α-hetero) is 1. The summed E-state index contributed by atoms with van der Waals surface area (Å²) in [6.07, 6.45) is -0.642. The van der Waals surface area contributed by atoms with E-state index in [4.69, 9.17) is 21.1 Å². The number of ether oxygens (including phenoxy) is 2. The summed E-state index contributed by atoms with van der Waals surface area (Å²) in [5, 5.41) is 0.393. The van der Waals surface area contributed by atoms with Gasteiger partial charge in [0, 0.05) is 23.9 Å². The fourth-order valence-corrected chi connectivity index (χ4v) is 2.46. The molecule has 1 aromatic rings. The molecular formula is C15H15ClO5. The Kier molecular flexibility index (Phi) is 4.32. The minimum Gasteiger partial charge on any atom is -0.465 e. The van der Waals surface area contributed by atoms with Crippen molar-refractivity contribution >= 4 is 29.3 Å². The highest BCUT2D eigenvalue weighted by Crippen LogP contribution is 2.52. The molecule has 6 heteroatoms. The summed E-state index contributed by atoms with van der Waals surface area (Å²) >= 11 is 5.87. The summed E-state index contributed by atoms with van der Waals surface area (Å²) in [4.78, 5) is 35.9. The minimum atomic E-state index is -1.44. The Morgan fingerprint density at radius 2 is 2.10 bits per heavy atom. The Labute approximate surface area is 127 Å². The second-order valence-electron chi connectivity index (χ2n) is 4.83. The molecular weight excluding hydrogens is 296 g/mol. The van der Waals surface area contributed by atoms with Crippen molar-refractivity contribution in [2.75, 3.05) is 6.61 Å². The summed E-state index contributed by atoms with van der Waals surface area (Å²) in [6, 6.07) is 6.30. The van der Waals surface area contributed by atoms with Crippen LogP contribution in [0.3, 0.4) is 0 Å². The van der Waals surface area contributed by atoms with Crippen LogP contribution in [0.2, 0.25) is 5.02 Å². The molecule has 0 spiro atoms. The Morgan fingerprint density at radius 3 is 2.67 bits per heavy atom. The van der Waals surface area contributed by atoms with Crippen molar-refractivity contribution in [1.82, 2.24) is 0 Å². The van der Waals surface area contributed by atoms with Crippen molar-refractivity contribution in [1.29, 1.82) is 0 Å². The zero-order valence-corrected chi connectivity index (χ0v) is 12.5. The largest absolute Gasteiger partial charge is 0.465 e. The van der Waals surface area contributed by atoms with Crippen LogP contribution in [-0.2, 0) is 19.1 Å². The standard InChI is InChI=1S/C15H15ClO5/c1-3-20-14(19)15(8-12(15)21-9(2)17)13(18)10-5-4-6-11(16)7-10/h4-7,12H,3,8H2,1-2H3/t12?,15-/m1/s1. The van der Waals surface area contributed by atoms with Crippen molar-refractivity contribution in [3.05, 3.63) is 34.9 Å². The van der Waals surface area contributed by atoms with Gasteiger partial charge in [-0.05, 0) is 19.1 Å². The Bertz CT molecular complexity index is 597. The van der Waals surface area contributed by atoms with E-state index in [-0.39, 0.29) is 13.0 Å². The lowest BCUT2D eigenvalue weighted by Gasteiger charge is -2.14. The SMILES string of the molecule is CCOC(=O)[C@]1(C(=O)c2cccc(Cl)c2)CC1OC(C)=O. The maximum Gasteiger partial charge on any atom is 0.324 e. The van der Waals surface area contributed by atoms with E-state index in [1.165, 1.54) is 13.0 Å². The van der Waals surface area contributed by atoms with Gasteiger partial charge in [-0.25, -0.2) is 0 Å². The quantitative estimate of drug-likeness (QED) is 0.474. The van der Waals surface area contributed by atoms with Gasteiger partial charge >= 0.3 is 11.9 Å². The zero-order chi connectivity index (χ0) is 15.6. The van der Waals surface area contributed by atoms with E-state index in [1.54, 1.807) is 25.1 Å². The van der Waals surface area contributed by atoms with Gasteiger partial charge in [-0.3, -0.25) is 14.4 Å². The van der Waals surface area contributed by atoms with Gasteiger partial charge in [0.25, 0.3) is 0 Å². The molecule has 2 rings (SSSR count). The molecule has 112 valence electrons. The number of ketones is 1. The van der Waals surface area contributed by atoms with Crippen LogP contribution in [-0.4, -0.2) is 30.4 Å². The smallest absolute Gasteiger partial charge is 0.324 e. The first kappa shape index (κ1) is 15.5. The van der Waals surface area contributed by atoms with Gasteiger partial charge in [-0.1, -0.05) is 23.7 Å². The molecule has 5 nitrogen and oxygen atoms in total. The van der Waals surface area contributed by atoms with Crippen LogP contribution in [0, 0.1) is 5.41 Å². The molecule has 1 aromatic carbocycles. The third-order valence-corrected chi connectivity index (χ3v) is 3.57. The second-order valence-corrected chi connectivity index (χ2v) is 5.27. The molecule has 21 heavy (non-hydrogen) atoms. The molecule has 1 unspecified atom stereocenters. The highest BCUT2D eigenvalue weighted by molar-refractivity contribution is 6.31. The number of hydrogen-bond acceptors (Lipinski definition) is 5. The first-order valence-corrected chi connectivity index (χ1v) is 6.94. The third-order valence-electron chi connectivity index (χ3n) is 3.34. The predicted molar refractivity (Wildman–Crippen MR) is 75.0 cm³/mol. The molecule has 0 amide bonds. The monoisotopic (exact) mass is 310 g/mol. The second kappa shape index (κ2) is 5.85. The predicted octanol–water partition coefficient (Wildman–Crippen LogP) is 2.41. The number of carbonyl (C=O) groups excluding carboxylic acids is 3. The van der Waals surface area contributed by atoms with Crippen LogP contribution in [0.5, 0.6) is 0 Å². The zero-order valence-electron chi connectivity index (χ0n) is 11.7. The fourth-order valence-electron chi connectivity index (χ4n) is 2.27. The highest BCUT2D eigenvalue weighted by Gasteiger charge is 2.69. The van der Waals surface area contributed by atoms with E-state index in [2.05, 4.69) is 0 Å². The lowest BCUT2D eigenvalue weighted by molar-refractivity contribution is -0.151. The van der Waals surface area contributed by atoms with Crippen LogP contribution in [0.15, 0.2) is 24.3 Å². The number of halogens is 1. The number of benzene rings is 1. The maximum atomic E-state index is 12.6. The van der Waals surface area contributed by atoms with Gasteiger partial charge in [0.15, 0.2) is 11.2 Å². The molecule has 1 aliphatic rings. The summed E-state index contributed by atoms with van der Waals surface area (Å²) < 4.78 is 9.99. The summed E-state index contributed by atoms with van der Waals surface area (Å²) in [7, 11) is 0. The van der Waals surface area contributed by atoms with Crippen LogP contribution >= 0.6 is 11.6 Å². The van der Waals surface area contributed by atoms with E-state index in [0.29, 0.717) is 10.6 Å². The lowest BCUT2D eigenvalue weighted by atomic mass is 9.94. The topological polar surface area (TPSA) is 69.7 Å². The molecule has 0 bridgehead atoms. The summed E-state index contributed by atoms with van der Waals surface area (Å²) in [6.45, 7) is 3.03. The summed E-state index contributed by atoms with van der Waals surface area (Å²) in [5.41, 5.74) is -1.14. The van der Waals surface area contributed by atoms with E-state index in [0.717, 1.165) is 0 Å². The molecule has 0 N–H and O–H groups in total. The van der Waals surface area contributed by atoms with Crippen molar-refractivity contribution in [3.8, 4) is 0 Å². The van der Waals surface area contributed by atoms with Crippen LogP contribution < -0.4 is 0 Å². The van der Waals surface area contributed by atoms with Gasteiger partial charge in [-0.2, -0.15) is 0 Å².